The molecule has 0 atom stereocenters. The summed E-state index contributed by atoms with van der Waals surface area (Å²) >= 11 is 0. The van der Waals surface area contributed by atoms with Crippen LogP contribution in [0.15, 0.2) is 48.5 Å². The van der Waals surface area contributed by atoms with Crippen molar-refractivity contribution in [2.24, 2.45) is 0 Å². The molecule has 0 N–H and O–H groups in total. The summed E-state index contributed by atoms with van der Waals surface area (Å²) in [6.45, 7) is 2.92. The fourth-order valence-electron chi connectivity index (χ4n) is 3.06. The highest BCUT2D eigenvalue weighted by atomic mass is 19.4. The Morgan fingerprint density at radius 1 is 1.04 bits per heavy atom. The van der Waals surface area contributed by atoms with Crippen molar-refractivity contribution in [2.45, 2.75) is 12.7 Å². The zero-order valence-electron chi connectivity index (χ0n) is 14.5. The van der Waals surface area contributed by atoms with Gasteiger partial charge in [0.25, 0.3) is 5.91 Å². The summed E-state index contributed by atoms with van der Waals surface area (Å²) in [5.41, 5.74) is 0.931. The summed E-state index contributed by atoms with van der Waals surface area (Å²) in [5.74, 6) is -0.376. The first-order valence-corrected chi connectivity index (χ1v) is 8.55. The lowest BCUT2D eigenvalue weighted by molar-refractivity contribution is -0.137. The Bertz CT molecular complexity index is 848. The van der Waals surface area contributed by atoms with Gasteiger partial charge in [-0.15, -0.1) is 0 Å². The third-order valence-electron chi connectivity index (χ3n) is 4.59. The number of halogens is 3. The van der Waals surface area contributed by atoms with Crippen molar-refractivity contribution in [3.05, 3.63) is 70.8 Å². The minimum atomic E-state index is -4.46. The van der Waals surface area contributed by atoms with E-state index in [9.17, 15) is 18.0 Å². The first kappa shape index (κ1) is 18.9. The summed E-state index contributed by atoms with van der Waals surface area (Å²) in [6.07, 6.45) is -4.46. The van der Waals surface area contributed by atoms with Crippen molar-refractivity contribution in [3.63, 3.8) is 0 Å². The number of carbonyl (C=O) groups excluding carboxylic acids is 1. The molecule has 2 aromatic rings. The van der Waals surface area contributed by atoms with Gasteiger partial charge in [-0.2, -0.15) is 18.4 Å². The van der Waals surface area contributed by atoms with Crippen molar-refractivity contribution in [1.82, 2.24) is 9.80 Å². The number of alkyl halides is 3. The topological polar surface area (TPSA) is 47.3 Å². The van der Waals surface area contributed by atoms with E-state index in [4.69, 9.17) is 5.26 Å². The quantitative estimate of drug-likeness (QED) is 0.827. The number of benzene rings is 2. The maximum absolute atomic E-state index is 12.8. The van der Waals surface area contributed by atoms with Crippen molar-refractivity contribution in [2.75, 3.05) is 26.2 Å². The van der Waals surface area contributed by atoms with E-state index in [2.05, 4.69) is 11.0 Å². The van der Waals surface area contributed by atoms with E-state index in [1.807, 2.05) is 12.1 Å². The van der Waals surface area contributed by atoms with Gasteiger partial charge in [0.2, 0.25) is 0 Å². The summed E-state index contributed by atoms with van der Waals surface area (Å²) in [5, 5.41) is 8.83. The molecule has 140 valence electrons. The zero-order chi connectivity index (χ0) is 19.4. The Morgan fingerprint density at radius 2 is 1.70 bits per heavy atom. The highest BCUT2D eigenvalue weighted by molar-refractivity contribution is 5.94. The molecule has 0 saturated carbocycles. The molecule has 0 aromatic heterocycles. The van der Waals surface area contributed by atoms with E-state index >= 15 is 0 Å². The fourth-order valence-corrected chi connectivity index (χ4v) is 3.06. The SMILES string of the molecule is N#Cc1ccc(CN2CCN(C(=O)c3cccc(C(F)(F)F)c3)CC2)cc1. The van der Waals surface area contributed by atoms with Crippen LogP contribution in [0.2, 0.25) is 0 Å². The Hall–Kier alpha value is -2.85. The highest BCUT2D eigenvalue weighted by Crippen LogP contribution is 2.29. The third-order valence-corrected chi connectivity index (χ3v) is 4.59. The number of amides is 1. The summed E-state index contributed by atoms with van der Waals surface area (Å²) in [6, 6.07) is 14.0. The number of rotatable bonds is 3. The Balaban J connectivity index is 1.58. The van der Waals surface area contributed by atoms with Gasteiger partial charge in [-0.05, 0) is 35.9 Å². The molecular formula is C20H18F3N3O. The first-order chi connectivity index (χ1) is 12.9. The summed E-state index contributed by atoms with van der Waals surface area (Å²) < 4.78 is 38.5. The molecule has 1 aliphatic rings. The maximum Gasteiger partial charge on any atom is 0.416 e. The van der Waals surface area contributed by atoms with Crippen LogP contribution in [0.5, 0.6) is 0 Å². The monoisotopic (exact) mass is 373 g/mol. The molecular weight excluding hydrogens is 355 g/mol. The Labute approximate surface area is 155 Å². The van der Waals surface area contributed by atoms with Gasteiger partial charge in [0.05, 0.1) is 17.2 Å². The molecule has 3 rings (SSSR count). The van der Waals surface area contributed by atoms with Gasteiger partial charge >= 0.3 is 6.18 Å². The van der Waals surface area contributed by atoms with Crippen LogP contribution in [0.3, 0.4) is 0 Å². The van der Waals surface area contributed by atoms with Gasteiger partial charge in [0.15, 0.2) is 0 Å². The minimum absolute atomic E-state index is 0.0605. The molecule has 0 radical (unpaired) electrons. The molecule has 7 heteroatoms. The number of hydrogen-bond donors (Lipinski definition) is 0. The molecule has 1 fully saturated rings. The van der Waals surface area contributed by atoms with E-state index < -0.39 is 11.7 Å². The van der Waals surface area contributed by atoms with E-state index in [1.54, 1.807) is 17.0 Å². The van der Waals surface area contributed by atoms with Crippen molar-refractivity contribution >= 4 is 5.91 Å². The molecule has 1 aliphatic heterocycles. The number of nitrogens with zero attached hydrogens (tertiary/aromatic N) is 3. The average molecular weight is 373 g/mol. The van der Waals surface area contributed by atoms with E-state index in [-0.39, 0.29) is 11.5 Å². The molecule has 0 spiro atoms. The lowest BCUT2D eigenvalue weighted by Gasteiger charge is -2.34. The van der Waals surface area contributed by atoms with Crippen LogP contribution in [0.4, 0.5) is 13.2 Å². The first-order valence-electron chi connectivity index (χ1n) is 8.55. The van der Waals surface area contributed by atoms with Crippen LogP contribution in [-0.2, 0) is 12.7 Å². The summed E-state index contributed by atoms with van der Waals surface area (Å²) in [7, 11) is 0. The molecule has 1 saturated heterocycles. The molecule has 2 aromatic carbocycles. The highest BCUT2D eigenvalue weighted by Gasteiger charge is 2.31. The molecule has 4 nitrogen and oxygen atoms in total. The molecule has 1 amide bonds. The Morgan fingerprint density at radius 3 is 2.30 bits per heavy atom. The van der Waals surface area contributed by atoms with Crippen LogP contribution in [0.25, 0.3) is 0 Å². The lowest BCUT2D eigenvalue weighted by Crippen LogP contribution is -2.48. The normalized spacial score (nSPS) is 15.4. The van der Waals surface area contributed by atoms with Crippen molar-refractivity contribution < 1.29 is 18.0 Å². The number of piperazine rings is 1. The van der Waals surface area contributed by atoms with Crippen LogP contribution >= 0.6 is 0 Å². The predicted octanol–water partition coefficient (Wildman–Crippen LogP) is 3.54. The maximum atomic E-state index is 12.8. The second-order valence-electron chi connectivity index (χ2n) is 6.46. The van der Waals surface area contributed by atoms with Gasteiger partial charge in [-0.3, -0.25) is 9.69 Å². The third kappa shape index (κ3) is 4.66. The standard InChI is InChI=1S/C20H18F3N3O/c21-20(22,23)18-3-1-2-17(12-18)19(27)26-10-8-25(9-11-26)14-16-6-4-15(13-24)5-7-16/h1-7,12H,8-11,14H2. The van der Waals surface area contributed by atoms with Gasteiger partial charge in [-0.1, -0.05) is 18.2 Å². The minimum Gasteiger partial charge on any atom is -0.336 e. The smallest absolute Gasteiger partial charge is 0.336 e. The van der Waals surface area contributed by atoms with Crippen LogP contribution < -0.4 is 0 Å². The van der Waals surface area contributed by atoms with Crippen molar-refractivity contribution in [3.8, 4) is 6.07 Å². The second-order valence-corrected chi connectivity index (χ2v) is 6.46. The van der Waals surface area contributed by atoms with Gasteiger partial charge < -0.3 is 4.90 Å². The number of hydrogen-bond acceptors (Lipinski definition) is 3. The average Bonchev–Trinajstić information content (AvgIpc) is 2.68. The van der Waals surface area contributed by atoms with Crippen molar-refractivity contribution in [1.29, 1.82) is 5.26 Å². The van der Waals surface area contributed by atoms with Gasteiger partial charge in [-0.25, -0.2) is 0 Å². The molecule has 0 aliphatic carbocycles. The van der Waals surface area contributed by atoms with Gasteiger partial charge in [0.1, 0.15) is 0 Å². The Kier molecular flexibility index (Phi) is 5.47. The van der Waals surface area contributed by atoms with E-state index in [0.29, 0.717) is 38.3 Å². The van der Waals surface area contributed by atoms with E-state index in [1.165, 1.54) is 12.1 Å². The number of carbonyl (C=O) groups is 1. The molecule has 0 unspecified atom stereocenters. The molecule has 0 bridgehead atoms. The van der Waals surface area contributed by atoms with Crippen LogP contribution in [-0.4, -0.2) is 41.9 Å². The van der Waals surface area contributed by atoms with E-state index in [0.717, 1.165) is 17.7 Å². The van der Waals surface area contributed by atoms with Crippen LogP contribution in [0, 0.1) is 11.3 Å². The molecule has 27 heavy (non-hydrogen) atoms. The largest absolute Gasteiger partial charge is 0.416 e. The lowest BCUT2D eigenvalue weighted by atomic mass is 10.1. The molecule has 1 heterocycles. The zero-order valence-corrected chi connectivity index (χ0v) is 14.5. The second kappa shape index (κ2) is 7.80. The fraction of sp³-hybridized carbons (Fsp3) is 0.300. The van der Waals surface area contributed by atoms with Gasteiger partial charge in [0, 0.05) is 38.3 Å². The predicted molar refractivity (Wildman–Crippen MR) is 93.8 cm³/mol. The van der Waals surface area contributed by atoms with Crippen LogP contribution in [0.1, 0.15) is 27.0 Å². The number of nitriles is 1. The summed E-state index contributed by atoms with van der Waals surface area (Å²) in [4.78, 5) is 16.3.